The summed E-state index contributed by atoms with van der Waals surface area (Å²) in [6.07, 6.45) is 12.2. The molecule has 1 fully saturated rings. The second kappa shape index (κ2) is 5.83. The molecule has 2 aliphatic rings. The number of carbonyl (C=O) groups excluding carboxylic acids is 1. The molecule has 1 aliphatic heterocycles. The largest absolute Gasteiger partial charge is 0.332 e. The zero-order valence-electron chi connectivity index (χ0n) is 13.5. The topological polar surface area (TPSA) is 64.7 Å². The number of rotatable bonds is 3. The molecule has 23 heavy (non-hydrogen) atoms. The van der Waals surface area contributed by atoms with Crippen molar-refractivity contribution in [3.8, 4) is 0 Å². The summed E-state index contributed by atoms with van der Waals surface area (Å²) < 4.78 is 4.23. The summed E-state index contributed by atoms with van der Waals surface area (Å²) in [5.41, 5.74) is 1.98. The molecule has 6 nitrogen and oxygen atoms in total. The van der Waals surface area contributed by atoms with Crippen LogP contribution in [0.15, 0.2) is 18.6 Å². The van der Waals surface area contributed by atoms with E-state index < -0.39 is 0 Å². The fourth-order valence-electron chi connectivity index (χ4n) is 3.86. The Morgan fingerprint density at radius 3 is 2.91 bits per heavy atom. The van der Waals surface area contributed by atoms with E-state index in [1.54, 1.807) is 6.20 Å². The molecular formula is C17H23N5O. The van der Waals surface area contributed by atoms with E-state index in [0.717, 1.165) is 36.6 Å². The van der Waals surface area contributed by atoms with Crippen molar-refractivity contribution in [2.75, 3.05) is 5.32 Å². The number of amides is 1. The Labute approximate surface area is 135 Å². The lowest BCUT2D eigenvalue weighted by Crippen LogP contribution is -2.30. The monoisotopic (exact) mass is 313 g/mol. The lowest BCUT2D eigenvalue weighted by atomic mass is 9.95. The normalized spacial score (nSPS) is 21.3. The molecule has 0 radical (unpaired) electrons. The van der Waals surface area contributed by atoms with Crippen LogP contribution in [0.5, 0.6) is 0 Å². The summed E-state index contributed by atoms with van der Waals surface area (Å²) in [6, 6.07) is 0.507. The lowest BCUT2D eigenvalue weighted by molar-refractivity contribution is -0.120. The number of nitrogens with zero attached hydrogens (tertiary/aromatic N) is 4. The number of hydrogen-bond acceptors (Lipinski definition) is 3. The number of nitrogens with one attached hydrogen (secondary N) is 1. The molecule has 3 heterocycles. The molecular weight excluding hydrogens is 290 g/mol. The number of hydrogen-bond donors (Lipinski definition) is 1. The fraction of sp³-hybridized carbons (Fsp3) is 0.588. The minimum Gasteiger partial charge on any atom is -0.332 e. The highest BCUT2D eigenvalue weighted by Crippen LogP contribution is 2.29. The van der Waals surface area contributed by atoms with Gasteiger partial charge in [0.25, 0.3) is 0 Å². The average Bonchev–Trinajstić information content (AvgIpc) is 3.28. The molecule has 4 rings (SSSR count). The lowest BCUT2D eigenvalue weighted by Gasteiger charge is -2.23. The molecule has 1 amide bonds. The maximum atomic E-state index is 12.5. The summed E-state index contributed by atoms with van der Waals surface area (Å²) in [5.74, 6) is 1.16. The zero-order valence-corrected chi connectivity index (χ0v) is 13.5. The van der Waals surface area contributed by atoms with E-state index in [9.17, 15) is 4.79 Å². The van der Waals surface area contributed by atoms with E-state index >= 15 is 0 Å². The predicted octanol–water partition coefficient (Wildman–Crippen LogP) is 2.70. The Hall–Kier alpha value is -2.11. The van der Waals surface area contributed by atoms with Crippen molar-refractivity contribution in [2.45, 2.75) is 58.0 Å². The highest BCUT2D eigenvalue weighted by Gasteiger charge is 2.26. The third-order valence-corrected chi connectivity index (χ3v) is 5.23. The minimum atomic E-state index is 0.0217. The van der Waals surface area contributed by atoms with Crippen LogP contribution in [0.2, 0.25) is 0 Å². The number of imidazole rings is 1. The van der Waals surface area contributed by atoms with Gasteiger partial charge in [-0.25, -0.2) is 4.98 Å². The molecule has 0 saturated heterocycles. The Balaban J connectivity index is 1.40. The molecule has 1 aliphatic carbocycles. The van der Waals surface area contributed by atoms with Crippen molar-refractivity contribution in [1.29, 1.82) is 0 Å². The molecule has 1 atom stereocenters. The Kier molecular flexibility index (Phi) is 3.67. The molecule has 122 valence electrons. The molecule has 1 N–H and O–H groups in total. The number of aromatic nitrogens is 4. The van der Waals surface area contributed by atoms with Crippen LogP contribution in [0.3, 0.4) is 0 Å². The first-order valence-electron chi connectivity index (χ1n) is 8.57. The Bertz CT molecular complexity index is 710. The number of fused-ring (bicyclic) bond motifs is 1. The Morgan fingerprint density at radius 2 is 2.09 bits per heavy atom. The van der Waals surface area contributed by atoms with Gasteiger partial charge in [-0.15, -0.1) is 0 Å². The third-order valence-electron chi connectivity index (χ3n) is 5.23. The highest BCUT2D eigenvalue weighted by molar-refractivity contribution is 5.92. The Morgan fingerprint density at radius 1 is 1.26 bits per heavy atom. The van der Waals surface area contributed by atoms with Crippen molar-refractivity contribution < 1.29 is 4.79 Å². The van der Waals surface area contributed by atoms with Gasteiger partial charge in [-0.2, -0.15) is 5.10 Å². The summed E-state index contributed by atoms with van der Waals surface area (Å²) in [4.78, 5) is 16.9. The second-order valence-corrected chi connectivity index (χ2v) is 6.77. The molecule has 0 aromatic carbocycles. The van der Waals surface area contributed by atoms with Gasteiger partial charge in [0, 0.05) is 37.0 Å². The van der Waals surface area contributed by atoms with Gasteiger partial charge >= 0.3 is 0 Å². The van der Waals surface area contributed by atoms with Crippen LogP contribution >= 0.6 is 0 Å². The van der Waals surface area contributed by atoms with Crippen LogP contribution in [0.25, 0.3) is 0 Å². The molecule has 6 heteroatoms. The van der Waals surface area contributed by atoms with Crippen molar-refractivity contribution in [2.24, 2.45) is 5.92 Å². The van der Waals surface area contributed by atoms with Gasteiger partial charge in [0.15, 0.2) is 0 Å². The van der Waals surface area contributed by atoms with Gasteiger partial charge in [0.1, 0.15) is 5.82 Å². The standard InChI is InChI=1S/C17H23N5O/c1-12-18-10-16-8-13(6-7-21(12)16)17(23)20-14-9-19-22(11-14)15-4-2-3-5-15/h9-11,13,15H,2-8H2,1H3,(H,20,23). The highest BCUT2D eigenvalue weighted by atomic mass is 16.1. The second-order valence-electron chi connectivity index (χ2n) is 6.77. The van der Waals surface area contributed by atoms with E-state index in [0.29, 0.717) is 6.04 Å². The maximum absolute atomic E-state index is 12.5. The van der Waals surface area contributed by atoms with Crippen molar-refractivity contribution in [3.63, 3.8) is 0 Å². The first kappa shape index (κ1) is 14.5. The van der Waals surface area contributed by atoms with E-state index in [2.05, 4.69) is 20.0 Å². The van der Waals surface area contributed by atoms with Gasteiger partial charge in [-0.05, 0) is 26.2 Å². The van der Waals surface area contributed by atoms with Crippen LogP contribution in [0.4, 0.5) is 5.69 Å². The van der Waals surface area contributed by atoms with Gasteiger partial charge < -0.3 is 9.88 Å². The van der Waals surface area contributed by atoms with E-state index in [-0.39, 0.29) is 11.8 Å². The summed E-state index contributed by atoms with van der Waals surface area (Å²) in [5, 5.41) is 7.46. The van der Waals surface area contributed by atoms with E-state index in [1.165, 1.54) is 25.7 Å². The summed E-state index contributed by atoms with van der Waals surface area (Å²) >= 11 is 0. The van der Waals surface area contributed by atoms with Gasteiger partial charge in [-0.1, -0.05) is 12.8 Å². The van der Waals surface area contributed by atoms with E-state index in [4.69, 9.17) is 0 Å². The van der Waals surface area contributed by atoms with Crippen LogP contribution in [-0.4, -0.2) is 25.2 Å². The summed E-state index contributed by atoms with van der Waals surface area (Å²) in [6.45, 7) is 2.89. The zero-order chi connectivity index (χ0) is 15.8. The van der Waals surface area contributed by atoms with E-state index in [1.807, 2.05) is 24.0 Å². The van der Waals surface area contributed by atoms with Crippen LogP contribution in [0, 0.1) is 12.8 Å². The molecule has 1 unspecified atom stereocenters. The van der Waals surface area contributed by atoms with Crippen LogP contribution in [-0.2, 0) is 17.8 Å². The number of aryl methyl sites for hydroxylation is 1. The molecule has 0 bridgehead atoms. The summed E-state index contributed by atoms with van der Waals surface area (Å²) in [7, 11) is 0. The van der Waals surface area contributed by atoms with Gasteiger partial charge in [0.05, 0.1) is 17.9 Å². The number of carbonyl (C=O) groups is 1. The quantitative estimate of drug-likeness (QED) is 0.947. The van der Waals surface area contributed by atoms with Crippen molar-refractivity contribution >= 4 is 11.6 Å². The van der Waals surface area contributed by atoms with Gasteiger partial charge in [0.2, 0.25) is 5.91 Å². The first-order chi connectivity index (χ1) is 11.2. The molecule has 2 aromatic heterocycles. The van der Waals surface area contributed by atoms with Crippen molar-refractivity contribution in [3.05, 3.63) is 30.1 Å². The van der Waals surface area contributed by atoms with Crippen LogP contribution < -0.4 is 5.32 Å². The molecule has 2 aromatic rings. The maximum Gasteiger partial charge on any atom is 0.228 e. The van der Waals surface area contributed by atoms with Crippen LogP contribution in [0.1, 0.15) is 49.7 Å². The molecule has 0 spiro atoms. The smallest absolute Gasteiger partial charge is 0.228 e. The SMILES string of the molecule is Cc1ncc2n1CCC(C(=O)Nc1cnn(C3CCCC3)c1)C2. The molecule has 1 saturated carbocycles. The fourth-order valence-corrected chi connectivity index (χ4v) is 3.86. The predicted molar refractivity (Wildman–Crippen MR) is 87.1 cm³/mol. The first-order valence-corrected chi connectivity index (χ1v) is 8.57. The average molecular weight is 313 g/mol. The third kappa shape index (κ3) is 2.78. The van der Waals surface area contributed by atoms with Gasteiger partial charge in [-0.3, -0.25) is 9.48 Å². The number of anilines is 1. The van der Waals surface area contributed by atoms with Crippen molar-refractivity contribution in [1.82, 2.24) is 19.3 Å². The minimum absolute atomic E-state index is 0.0217.